The van der Waals surface area contributed by atoms with E-state index in [-0.39, 0.29) is 0 Å². The first-order valence-electron chi connectivity index (χ1n) is 3.40. The fourth-order valence-corrected chi connectivity index (χ4v) is 1.07. The maximum atomic E-state index is 5.09. The van der Waals surface area contributed by atoms with Crippen molar-refractivity contribution in [1.29, 1.82) is 0 Å². The summed E-state index contributed by atoms with van der Waals surface area (Å²) in [5.41, 5.74) is 0. The van der Waals surface area contributed by atoms with Crippen LogP contribution in [0, 0.1) is 12.3 Å². The molecule has 12 heavy (non-hydrogen) atoms. The topological polar surface area (TPSA) is 37.8 Å². The second-order valence-electron chi connectivity index (χ2n) is 2.00. The normalized spacial score (nSPS) is 9.00. The molecule has 1 N–H and O–H groups in total. The highest BCUT2D eigenvalue weighted by Crippen LogP contribution is 2.12. The number of nitrogens with one attached hydrogen (secondary N) is 1. The van der Waals surface area contributed by atoms with Crippen molar-refractivity contribution in [2.75, 3.05) is 18.1 Å². The van der Waals surface area contributed by atoms with Gasteiger partial charge in [0.1, 0.15) is 17.2 Å². The van der Waals surface area contributed by atoms with Gasteiger partial charge < -0.3 is 5.32 Å². The van der Waals surface area contributed by atoms with Crippen LogP contribution in [0.25, 0.3) is 0 Å². The third-order valence-electron chi connectivity index (χ3n) is 1.22. The molecule has 0 atom stereocenters. The molecule has 0 aliphatic carbocycles. The molecule has 1 rings (SSSR count). The van der Waals surface area contributed by atoms with E-state index in [1.54, 1.807) is 11.8 Å². The van der Waals surface area contributed by atoms with Gasteiger partial charge in [-0.3, -0.25) is 0 Å². The second-order valence-corrected chi connectivity index (χ2v) is 2.83. The molecule has 1 aromatic heterocycles. The first-order chi connectivity index (χ1) is 5.86. The minimum Gasteiger partial charge on any atom is -0.359 e. The SMILES string of the molecule is C#CCNc1cc(SC)ncn1. The molecule has 0 spiro atoms. The average molecular weight is 179 g/mol. The highest BCUT2D eigenvalue weighted by atomic mass is 32.2. The Bertz CT molecular complexity index is 293. The van der Waals surface area contributed by atoms with Gasteiger partial charge in [0.05, 0.1) is 6.54 Å². The molecule has 0 radical (unpaired) electrons. The third-order valence-corrected chi connectivity index (χ3v) is 1.86. The van der Waals surface area contributed by atoms with E-state index in [0.29, 0.717) is 6.54 Å². The van der Waals surface area contributed by atoms with Gasteiger partial charge in [-0.1, -0.05) is 5.92 Å². The lowest BCUT2D eigenvalue weighted by atomic mass is 10.5. The molecule has 0 aromatic carbocycles. The number of thioether (sulfide) groups is 1. The Labute approximate surface area is 76.0 Å². The van der Waals surface area contributed by atoms with Gasteiger partial charge in [0.2, 0.25) is 0 Å². The van der Waals surface area contributed by atoms with Crippen LogP contribution in [-0.2, 0) is 0 Å². The van der Waals surface area contributed by atoms with Crippen LogP contribution < -0.4 is 5.32 Å². The van der Waals surface area contributed by atoms with Crippen LogP contribution in [-0.4, -0.2) is 22.8 Å². The quantitative estimate of drug-likeness (QED) is 0.430. The lowest BCUT2D eigenvalue weighted by Crippen LogP contribution is -2.00. The van der Waals surface area contributed by atoms with Gasteiger partial charge in [-0.05, 0) is 6.26 Å². The van der Waals surface area contributed by atoms with E-state index in [4.69, 9.17) is 6.42 Å². The van der Waals surface area contributed by atoms with Gasteiger partial charge in [0, 0.05) is 6.07 Å². The van der Waals surface area contributed by atoms with E-state index in [2.05, 4.69) is 21.2 Å². The summed E-state index contributed by atoms with van der Waals surface area (Å²) in [5, 5.41) is 3.90. The lowest BCUT2D eigenvalue weighted by molar-refractivity contribution is 1.04. The number of terminal acetylenes is 1. The largest absolute Gasteiger partial charge is 0.359 e. The number of anilines is 1. The van der Waals surface area contributed by atoms with Crippen LogP contribution >= 0.6 is 11.8 Å². The predicted molar refractivity (Wildman–Crippen MR) is 51.1 cm³/mol. The second kappa shape index (κ2) is 4.62. The maximum Gasteiger partial charge on any atom is 0.131 e. The van der Waals surface area contributed by atoms with Crippen molar-refractivity contribution in [1.82, 2.24) is 9.97 Å². The van der Waals surface area contributed by atoms with E-state index in [0.717, 1.165) is 10.8 Å². The van der Waals surface area contributed by atoms with Gasteiger partial charge in [0.15, 0.2) is 0 Å². The van der Waals surface area contributed by atoms with Gasteiger partial charge in [-0.2, -0.15) is 0 Å². The summed E-state index contributed by atoms with van der Waals surface area (Å²) in [6.07, 6.45) is 8.57. The molecular weight excluding hydrogens is 170 g/mol. The van der Waals surface area contributed by atoms with Crippen molar-refractivity contribution in [3.8, 4) is 12.3 Å². The van der Waals surface area contributed by atoms with Crippen LogP contribution in [0.4, 0.5) is 5.82 Å². The number of rotatable bonds is 3. The predicted octanol–water partition coefficient (Wildman–Crippen LogP) is 1.24. The van der Waals surface area contributed by atoms with Crippen molar-refractivity contribution in [3.05, 3.63) is 12.4 Å². The van der Waals surface area contributed by atoms with E-state index < -0.39 is 0 Å². The minimum atomic E-state index is 0.491. The molecular formula is C8H9N3S. The zero-order chi connectivity index (χ0) is 8.81. The van der Waals surface area contributed by atoms with Crippen molar-refractivity contribution in [3.63, 3.8) is 0 Å². The van der Waals surface area contributed by atoms with Crippen LogP contribution in [0.3, 0.4) is 0 Å². The monoisotopic (exact) mass is 179 g/mol. The molecule has 3 nitrogen and oxygen atoms in total. The molecule has 0 bridgehead atoms. The number of hydrogen-bond donors (Lipinski definition) is 1. The van der Waals surface area contributed by atoms with Gasteiger partial charge >= 0.3 is 0 Å². The summed E-state index contributed by atoms with van der Waals surface area (Å²) in [6, 6.07) is 1.86. The van der Waals surface area contributed by atoms with E-state index in [9.17, 15) is 0 Å². The maximum absolute atomic E-state index is 5.09. The Morgan fingerprint density at radius 2 is 2.50 bits per heavy atom. The molecule has 0 aliphatic heterocycles. The lowest BCUT2D eigenvalue weighted by Gasteiger charge is -2.01. The molecule has 0 fully saturated rings. The summed E-state index contributed by atoms with van der Waals surface area (Å²) >= 11 is 1.57. The molecule has 62 valence electrons. The number of hydrogen-bond acceptors (Lipinski definition) is 4. The molecule has 0 unspecified atom stereocenters. The minimum absolute atomic E-state index is 0.491. The number of nitrogens with zero attached hydrogens (tertiary/aromatic N) is 2. The highest BCUT2D eigenvalue weighted by molar-refractivity contribution is 7.98. The Balaban J connectivity index is 2.67. The summed E-state index contributed by atoms with van der Waals surface area (Å²) < 4.78 is 0. The van der Waals surface area contributed by atoms with E-state index in [1.165, 1.54) is 6.33 Å². The van der Waals surface area contributed by atoms with Crippen LogP contribution in [0.15, 0.2) is 17.4 Å². The molecule has 0 aliphatic rings. The van der Waals surface area contributed by atoms with Crippen LogP contribution in [0.1, 0.15) is 0 Å². The summed E-state index contributed by atoms with van der Waals surface area (Å²) in [5.74, 6) is 3.25. The standard InChI is InChI=1S/C8H9N3S/c1-3-4-9-7-5-8(12-2)11-6-10-7/h1,5-6H,4H2,2H3,(H,9,10,11). The summed E-state index contributed by atoms with van der Waals surface area (Å²) in [7, 11) is 0. The number of aromatic nitrogens is 2. The fourth-order valence-electron chi connectivity index (χ4n) is 0.689. The fraction of sp³-hybridized carbons (Fsp3) is 0.250. The average Bonchev–Trinajstić information content (AvgIpc) is 2.15. The third kappa shape index (κ3) is 2.44. The molecule has 0 saturated heterocycles. The Morgan fingerprint density at radius 1 is 1.67 bits per heavy atom. The van der Waals surface area contributed by atoms with Gasteiger partial charge in [0.25, 0.3) is 0 Å². The molecule has 1 heterocycles. The molecule has 4 heteroatoms. The first kappa shape index (κ1) is 8.88. The van der Waals surface area contributed by atoms with Crippen molar-refractivity contribution in [2.45, 2.75) is 5.03 Å². The highest BCUT2D eigenvalue weighted by Gasteiger charge is 1.94. The molecule has 1 aromatic rings. The smallest absolute Gasteiger partial charge is 0.131 e. The molecule has 0 amide bonds. The van der Waals surface area contributed by atoms with E-state index >= 15 is 0 Å². The zero-order valence-electron chi connectivity index (χ0n) is 6.74. The zero-order valence-corrected chi connectivity index (χ0v) is 7.56. The molecule has 0 saturated carbocycles. The van der Waals surface area contributed by atoms with Crippen LogP contribution in [0.2, 0.25) is 0 Å². The first-order valence-corrected chi connectivity index (χ1v) is 4.62. The Morgan fingerprint density at radius 3 is 3.17 bits per heavy atom. The van der Waals surface area contributed by atoms with Crippen LogP contribution in [0.5, 0.6) is 0 Å². The van der Waals surface area contributed by atoms with Gasteiger partial charge in [-0.15, -0.1) is 18.2 Å². The van der Waals surface area contributed by atoms with E-state index in [1.807, 2.05) is 12.3 Å². The summed E-state index contributed by atoms with van der Waals surface area (Å²) in [6.45, 7) is 0.491. The van der Waals surface area contributed by atoms with Crippen molar-refractivity contribution in [2.24, 2.45) is 0 Å². The Kier molecular flexibility index (Phi) is 3.42. The van der Waals surface area contributed by atoms with Gasteiger partial charge in [-0.25, -0.2) is 9.97 Å². The summed E-state index contributed by atoms with van der Waals surface area (Å²) in [4.78, 5) is 8.02. The van der Waals surface area contributed by atoms with Crippen molar-refractivity contribution >= 4 is 17.6 Å². The van der Waals surface area contributed by atoms with Crippen molar-refractivity contribution < 1.29 is 0 Å². The Hall–Kier alpha value is -1.21.